The first-order chi connectivity index (χ1) is 8.49. The van der Waals surface area contributed by atoms with Crippen molar-refractivity contribution in [3.8, 4) is 0 Å². The van der Waals surface area contributed by atoms with E-state index in [1.54, 1.807) is 0 Å². The molecule has 2 aliphatic heterocycles. The Hall–Kier alpha value is 0.270. The molecule has 18 heavy (non-hydrogen) atoms. The fourth-order valence-corrected chi connectivity index (χ4v) is 4.57. The van der Waals surface area contributed by atoms with E-state index in [0.717, 1.165) is 19.4 Å². The highest BCUT2D eigenvalue weighted by Gasteiger charge is 2.42. The van der Waals surface area contributed by atoms with E-state index in [2.05, 4.69) is 32.5 Å². The van der Waals surface area contributed by atoms with Crippen LogP contribution in [0.25, 0.3) is 0 Å². The second kappa shape index (κ2) is 5.72. The Kier molecular flexibility index (Phi) is 4.66. The van der Waals surface area contributed by atoms with Crippen molar-refractivity contribution < 1.29 is 4.74 Å². The number of rotatable bonds is 3. The zero-order chi connectivity index (χ0) is 13.2. The molecule has 0 bridgehead atoms. The van der Waals surface area contributed by atoms with E-state index in [1.807, 2.05) is 0 Å². The van der Waals surface area contributed by atoms with Crippen LogP contribution in [0.1, 0.15) is 52.9 Å². The predicted octanol–water partition coefficient (Wildman–Crippen LogP) is 3.44. The Morgan fingerprint density at radius 2 is 2.06 bits per heavy atom. The highest BCUT2D eigenvalue weighted by Crippen LogP contribution is 2.43. The Bertz CT molecular complexity index is 268. The minimum Gasteiger partial charge on any atom is -0.375 e. The number of hydrogen-bond donors (Lipinski definition) is 1. The summed E-state index contributed by atoms with van der Waals surface area (Å²) >= 11 is 2.07. The van der Waals surface area contributed by atoms with Crippen LogP contribution in [-0.4, -0.2) is 29.8 Å². The normalized spacial score (nSPS) is 30.3. The minimum atomic E-state index is 0.176. The van der Waals surface area contributed by atoms with Crippen molar-refractivity contribution in [2.75, 3.05) is 18.1 Å². The van der Waals surface area contributed by atoms with Crippen LogP contribution in [-0.2, 0) is 4.74 Å². The van der Waals surface area contributed by atoms with Crippen molar-refractivity contribution in [3.05, 3.63) is 0 Å². The molecule has 0 saturated carbocycles. The molecule has 2 heterocycles. The van der Waals surface area contributed by atoms with Gasteiger partial charge in [0.25, 0.3) is 0 Å². The smallest absolute Gasteiger partial charge is 0.0701 e. The molecule has 0 aromatic rings. The molecule has 1 spiro atoms. The van der Waals surface area contributed by atoms with Crippen molar-refractivity contribution in [3.63, 3.8) is 0 Å². The zero-order valence-corrected chi connectivity index (χ0v) is 13.0. The molecule has 2 atom stereocenters. The molecule has 2 fully saturated rings. The third kappa shape index (κ3) is 3.05. The van der Waals surface area contributed by atoms with Gasteiger partial charge in [-0.3, -0.25) is 0 Å². The fraction of sp³-hybridized carbons (Fsp3) is 1.00. The van der Waals surface area contributed by atoms with Crippen LogP contribution in [0.4, 0.5) is 0 Å². The standard InChI is InChI=1S/C15H29NOS/c1-4-14(2,3)13(16)12-5-8-17-15(11-12)6-9-18-10-7-15/h12-13H,4-11,16H2,1-3H3. The molecule has 2 N–H and O–H groups in total. The second-order valence-corrected chi connectivity index (χ2v) is 7.99. The highest BCUT2D eigenvalue weighted by atomic mass is 32.2. The van der Waals surface area contributed by atoms with Gasteiger partial charge in [0.05, 0.1) is 5.60 Å². The summed E-state index contributed by atoms with van der Waals surface area (Å²) in [4.78, 5) is 0. The maximum atomic E-state index is 6.57. The summed E-state index contributed by atoms with van der Waals surface area (Å²) in [7, 11) is 0. The monoisotopic (exact) mass is 271 g/mol. The van der Waals surface area contributed by atoms with Crippen LogP contribution in [0.5, 0.6) is 0 Å². The molecule has 106 valence electrons. The molecule has 0 aliphatic carbocycles. The summed E-state index contributed by atoms with van der Waals surface area (Å²) in [5, 5.41) is 0. The first-order valence-corrected chi connectivity index (χ1v) is 8.62. The van der Waals surface area contributed by atoms with Crippen molar-refractivity contribution >= 4 is 11.8 Å². The molecule has 2 aliphatic rings. The van der Waals surface area contributed by atoms with E-state index < -0.39 is 0 Å². The molecule has 2 rings (SSSR count). The van der Waals surface area contributed by atoms with Gasteiger partial charge < -0.3 is 10.5 Å². The van der Waals surface area contributed by atoms with E-state index in [4.69, 9.17) is 10.5 Å². The van der Waals surface area contributed by atoms with Crippen LogP contribution >= 0.6 is 11.8 Å². The molecule has 0 aromatic carbocycles. The van der Waals surface area contributed by atoms with E-state index in [9.17, 15) is 0 Å². The summed E-state index contributed by atoms with van der Waals surface area (Å²) in [6, 6.07) is 0.317. The molecular weight excluding hydrogens is 242 g/mol. The van der Waals surface area contributed by atoms with Gasteiger partial charge in [-0.15, -0.1) is 0 Å². The quantitative estimate of drug-likeness (QED) is 0.854. The molecule has 2 nitrogen and oxygen atoms in total. The van der Waals surface area contributed by atoms with E-state index >= 15 is 0 Å². The summed E-state index contributed by atoms with van der Waals surface area (Å²) in [6.07, 6.45) is 5.97. The number of ether oxygens (including phenoxy) is 1. The largest absolute Gasteiger partial charge is 0.375 e. The molecule has 2 saturated heterocycles. The molecule has 0 aromatic heterocycles. The van der Waals surface area contributed by atoms with Crippen LogP contribution < -0.4 is 5.73 Å². The Balaban J connectivity index is 2.02. The van der Waals surface area contributed by atoms with E-state index in [0.29, 0.717) is 12.0 Å². The molecule has 0 amide bonds. The lowest BCUT2D eigenvalue weighted by atomic mass is 9.70. The average Bonchev–Trinajstić information content (AvgIpc) is 2.39. The van der Waals surface area contributed by atoms with E-state index in [-0.39, 0.29) is 11.0 Å². The lowest BCUT2D eigenvalue weighted by molar-refractivity contribution is -0.110. The molecule has 3 heteroatoms. The first kappa shape index (κ1) is 14.7. The third-order valence-corrected chi connectivity index (χ3v) is 6.24. The Morgan fingerprint density at radius 3 is 2.67 bits per heavy atom. The molecule has 2 unspecified atom stereocenters. The number of thioether (sulfide) groups is 1. The van der Waals surface area contributed by atoms with Gasteiger partial charge in [0, 0.05) is 12.6 Å². The Labute approximate surface area is 116 Å². The van der Waals surface area contributed by atoms with Gasteiger partial charge in [0.15, 0.2) is 0 Å². The van der Waals surface area contributed by atoms with Crippen molar-refractivity contribution in [1.82, 2.24) is 0 Å². The van der Waals surface area contributed by atoms with Crippen molar-refractivity contribution in [1.29, 1.82) is 0 Å². The maximum absolute atomic E-state index is 6.57. The number of nitrogens with two attached hydrogens (primary N) is 1. The van der Waals surface area contributed by atoms with Gasteiger partial charge in [-0.1, -0.05) is 20.8 Å². The zero-order valence-electron chi connectivity index (χ0n) is 12.2. The van der Waals surface area contributed by atoms with Crippen molar-refractivity contribution in [2.45, 2.75) is 64.5 Å². The van der Waals surface area contributed by atoms with Gasteiger partial charge in [-0.05, 0) is 54.9 Å². The first-order valence-electron chi connectivity index (χ1n) is 7.46. The topological polar surface area (TPSA) is 35.2 Å². The molecule has 0 radical (unpaired) electrons. The summed E-state index contributed by atoms with van der Waals surface area (Å²) < 4.78 is 6.16. The lowest BCUT2D eigenvalue weighted by Gasteiger charge is -2.47. The van der Waals surface area contributed by atoms with Crippen molar-refractivity contribution in [2.24, 2.45) is 17.1 Å². The molecular formula is C15H29NOS. The van der Waals surface area contributed by atoms with Crippen LogP contribution in [0.15, 0.2) is 0 Å². The van der Waals surface area contributed by atoms with Crippen LogP contribution in [0.2, 0.25) is 0 Å². The van der Waals surface area contributed by atoms with Gasteiger partial charge in [-0.2, -0.15) is 11.8 Å². The lowest BCUT2D eigenvalue weighted by Crippen LogP contribution is -2.51. The van der Waals surface area contributed by atoms with Gasteiger partial charge >= 0.3 is 0 Å². The summed E-state index contributed by atoms with van der Waals surface area (Å²) in [6.45, 7) is 7.81. The average molecular weight is 271 g/mol. The van der Waals surface area contributed by atoms with Crippen LogP contribution in [0.3, 0.4) is 0 Å². The van der Waals surface area contributed by atoms with Gasteiger partial charge in [-0.25, -0.2) is 0 Å². The van der Waals surface area contributed by atoms with Gasteiger partial charge in [0.2, 0.25) is 0 Å². The SMILES string of the molecule is CCC(C)(C)C(N)C1CCOC2(CCSCC2)C1. The highest BCUT2D eigenvalue weighted by molar-refractivity contribution is 7.99. The fourth-order valence-electron chi connectivity index (χ4n) is 3.34. The third-order valence-electron chi connectivity index (χ3n) is 5.26. The number of hydrogen-bond acceptors (Lipinski definition) is 3. The van der Waals surface area contributed by atoms with Gasteiger partial charge in [0.1, 0.15) is 0 Å². The second-order valence-electron chi connectivity index (χ2n) is 6.76. The Morgan fingerprint density at radius 1 is 1.39 bits per heavy atom. The van der Waals surface area contributed by atoms with E-state index in [1.165, 1.54) is 30.8 Å². The van der Waals surface area contributed by atoms with Crippen LogP contribution in [0, 0.1) is 11.3 Å². The maximum Gasteiger partial charge on any atom is 0.0701 e. The summed E-state index contributed by atoms with van der Waals surface area (Å²) in [5.41, 5.74) is 7.00. The minimum absolute atomic E-state index is 0.176. The predicted molar refractivity (Wildman–Crippen MR) is 80.0 cm³/mol. The summed E-state index contributed by atoms with van der Waals surface area (Å²) in [5.74, 6) is 3.18.